The van der Waals surface area contributed by atoms with E-state index in [-0.39, 0.29) is 11.9 Å². The van der Waals surface area contributed by atoms with Crippen molar-refractivity contribution >= 4 is 5.91 Å². The molecule has 0 aliphatic carbocycles. The fraction of sp³-hybridized carbons (Fsp3) is 0.400. The van der Waals surface area contributed by atoms with Gasteiger partial charge >= 0.3 is 0 Å². The number of carbonyl (C=O) groups excluding carboxylic acids is 1. The fourth-order valence-electron chi connectivity index (χ4n) is 1.08. The first-order valence-electron chi connectivity index (χ1n) is 4.57. The van der Waals surface area contributed by atoms with Gasteiger partial charge in [-0.05, 0) is 31.5 Å². The summed E-state index contributed by atoms with van der Waals surface area (Å²) in [5.41, 5.74) is 6.46. The molecule has 0 aromatic carbocycles. The fourth-order valence-corrected chi connectivity index (χ4v) is 1.08. The molecular formula is C10H15N3O. The summed E-state index contributed by atoms with van der Waals surface area (Å²) in [6, 6.07) is 3.23. The highest BCUT2D eigenvalue weighted by Crippen LogP contribution is 2.09. The first kappa shape index (κ1) is 10.7. The van der Waals surface area contributed by atoms with Gasteiger partial charge in [0.15, 0.2) is 0 Å². The van der Waals surface area contributed by atoms with Crippen molar-refractivity contribution in [2.75, 3.05) is 0 Å². The third kappa shape index (κ3) is 2.81. The van der Waals surface area contributed by atoms with E-state index in [1.165, 1.54) is 0 Å². The van der Waals surface area contributed by atoms with Gasteiger partial charge in [0, 0.05) is 12.4 Å². The zero-order valence-electron chi connectivity index (χ0n) is 8.40. The smallest absolute Gasteiger partial charge is 0.237 e. The van der Waals surface area contributed by atoms with Gasteiger partial charge in [-0.15, -0.1) is 0 Å². The average molecular weight is 193 g/mol. The summed E-state index contributed by atoms with van der Waals surface area (Å²) in [7, 11) is 0. The normalized spacial score (nSPS) is 14.5. The molecule has 0 aliphatic rings. The van der Waals surface area contributed by atoms with Crippen LogP contribution in [0, 0.1) is 0 Å². The van der Waals surface area contributed by atoms with Crippen LogP contribution < -0.4 is 11.1 Å². The van der Waals surface area contributed by atoms with Crippen molar-refractivity contribution in [2.45, 2.75) is 25.9 Å². The summed E-state index contributed by atoms with van der Waals surface area (Å²) in [6.45, 7) is 3.57. The van der Waals surface area contributed by atoms with E-state index >= 15 is 0 Å². The molecule has 1 heterocycles. The van der Waals surface area contributed by atoms with Gasteiger partial charge in [0.05, 0.1) is 12.1 Å². The van der Waals surface area contributed by atoms with Crippen LogP contribution in [0.25, 0.3) is 0 Å². The van der Waals surface area contributed by atoms with Crippen molar-refractivity contribution in [2.24, 2.45) is 5.73 Å². The van der Waals surface area contributed by atoms with Crippen molar-refractivity contribution in [1.82, 2.24) is 10.3 Å². The number of carbonyl (C=O) groups is 1. The summed E-state index contributed by atoms with van der Waals surface area (Å²) in [4.78, 5) is 15.2. The number of amides is 1. The Kier molecular flexibility index (Phi) is 3.59. The molecule has 1 rings (SSSR count). The van der Waals surface area contributed by atoms with E-state index in [1.54, 1.807) is 19.3 Å². The van der Waals surface area contributed by atoms with Gasteiger partial charge < -0.3 is 11.1 Å². The lowest BCUT2D eigenvalue weighted by Crippen LogP contribution is -2.39. The van der Waals surface area contributed by atoms with E-state index in [4.69, 9.17) is 5.73 Å². The second kappa shape index (κ2) is 4.72. The molecule has 4 nitrogen and oxygen atoms in total. The average Bonchev–Trinajstić information content (AvgIpc) is 2.19. The summed E-state index contributed by atoms with van der Waals surface area (Å²) < 4.78 is 0. The summed E-state index contributed by atoms with van der Waals surface area (Å²) in [5, 5.41) is 2.80. The van der Waals surface area contributed by atoms with Crippen LogP contribution >= 0.6 is 0 Å². The molecule has 1 aromatic heterocycles. The number of nitrogens with two attached hydrogens (primary N) is 1. The number of pyridine rings is 1. The van der Waals surface area contributed by atoms with E-state index in [0.717, 1.165) is 5.56 Å². The van der Waals surface area contributed by atoms with Crippen molar-refractivity contribution < 1.29 is 4.79 Å². The van der Waals surface area contributed by atoms with E-state index in [9.17, 15) is 4.79 Å². The van der Waals surface area contributed by atoms with Crippen LogP contribution in [0.15, 0.2) is 24.5 Å². The maximum absolute atomic E-state index is 11.3. The molecule has 76 valence electrons. The molecule has 0 spiro atoms. The highest BCUT2D eigenvalue weighted by Gasteiger charge is 2.11. The third-order valence-corrected chi connectivity index (χ3v) is 1.98. The van der Waals surface area contributed by atoms with Crippen LogP contribution in [0.1, 0.15) is 25.5 Å². The Hall–Kier alpha value is -1.42. The number of hydrogen-bond donors (Lipinski definition) is 2. The number of aromatic nitrogens is 1. The minimum atomic E-state index is -0.473. The molecule has 0 saturated carbocycles. The third-order valence-electron chi connectivity index (χ3n) is 1.98. The molecule has 3 N–H and O–H groups in total. The molecule has 0 bridgehead atoms. The molecule has 0 fully saturated rings. The number of hydrogen-bond acceptors (Lipinski definition) is 3. The highest BCUT2D eigenvalue weighted by atomic mass is 16.2. The van der Waals surface area contributed by atoms with Crippen LogP contribution in [0.3, 0.4) is 0 Å². The molecule has 0 saturated heterocycles. The van der Waals surface area contributed by atoms with E-state index < -0.39 is 6.04 Å². The van der Waals surface area contributed by atoms with Crippen molar-refractivity contribution in [3.63, 3.8) is 0 Å². The monoisotopic (exact) mass is 193 g/mol. The number of nitrogens with one attached hydrogen (secondary N) is 1. The van der Waals surface area contributed by atoms with Gasteiger partial charge in [-0.25, -0.2) is 0 Å². The lowest BCUT2D eigenvalue weighted by molar-refractivity contribution is -0.122. The van der Waals surface area contributed by atoms with Gasteiger partial charge in [-0.1, -0.05) is 0 Å². The lowest BCUT2D eigenvalue weighted by Gasteiger charge is -2.15. The Bertz CT molecular complexity index is 297. The minimum Gasteiger partial charge on any atom is -0.348 e. The SMILES string of the molecule is CC(N)C(=O)N[C@H](C)c1ccncc1. The first-order valence-corrected chi connectivity index (χ1v) is 4.57. The zero-order chi connectivity index (χ0) is 10.6. The predicted octanol–water partition coefficient (Wildman–Crippen LogP) is 0.606. The van der Waals surface area contributed by atoms with Gasteiger partial charge in [-0.2, -0.15) is 0 Å². The second-order valence-corrected chi connectivity index (χ2v) is 3.30. The maximum atomic E-state index is 11.3. The van der Waals surface area contributed by atoms with Crippen LogP contribution in [-0.2, 0) is 4.79 Å². The Morgan fingerprint density at radius 1 is 1.43 bits per heavy atom. The maximum Gasteiger partial charge on any atom is 0.237 e. The molecular weight excluding hydrogens is 178 g/mol. The Morgan fingerprint density at radius 3 is 2.50 bits per heavy atom. The quantitative estimate of drug-likeness (QED) is 0.739. The van der Waals surface area contributed by atoms with Crippen LogP contribution in [0.5, 0.6) is 0 Å². The van der Waals surface area contributed by atoms with Crippen LogP contribution in [0.2, 0.25) is 0 Å². The van der Waals surface area contributed by atoms with E-state index in [0.29, 0.717) is 0 Å². The van der Waals surface area contributed by atoms with Gasteiger partial charge in [-0.3, -0.25) is 9.78 Å². The summed E-state index contributed by atoms with van der Waals surface area (Å²) in [5.74, 6) is -0.144. The van der Waals surface area contributed by atoms with Crippen molar-refractivity contribution in [3.05, 3.63) is 30.1 Å². The first-order chi connectivity index (χ1) is 6.61. The van der Waals surface area contributed by atoms with Crippen LogP contribution in [-0.4, -0.2) is 16.9 Å². The Morgan fingerprint density at radius 2 is 2.00 bits per heavy atom. The largest absolute Gasteiger partial charge is 0.348 e. The molecule has 0 radical (unpaired) electrons. The molecule has 2 atom stereocenters. The van der Waals surface area contributed by atoms with Gasteiger partial charge in [0.25, 0.3) is 0 Å². The lowest BCUT2D eigenvalue weighted by atomic mass is 10.1. The van der Waals surface area contributed by atoms with Gasteiger partial charge in [0.2, 0.25) is 5.91 Å². The standard InChI is InChI=1S/C10H15N3O/c1-7(11)10(14)13-8(2)9-3-5-12-6-4-9/h3-8H,11H2,1-2H3,(H,13,14)/t7?,8-/m1/s1. The topological polar surface area (TPSA) is 68.0 Å². The summed E-state index contributed by atoms with van der Waals surface area (Å²) >= 11 is 0. The number of rotatable bonds is 3. The van der Waals surface area contributed by atoms with Gasteiger partial charge in [0.1, 0.15) is 0 Å². The zero-order valence-corrected chi connectivity index (χ0v) is 8.40. The van der Waals surface area contributed by atoms with Crippen molar-refractivity contribution in [3.8, 4) is 0 Å². The highest BCUT2D eigenvalue weighted by molar-refractivity contribution is 5.81. The predicted molar refractivity (Wildman–Crippen MR) is 54.4 cm³/mol. The molecule has 1 aromatic rings. The number of nitrogens with zero attached hydrogens (tertiary/aromatic N) is 1. The second-order valence-electron chi connectivity index (χ2n) is 3.30. The van der Waals surface area contributed by atoms with E-state index in [2.05, 4.69) is 10.3 Å². The van der Waals surface area contributed by atoms with Crippen LogP contribution in [0.4, 0.5) is 0 Å². The Labute approximate surface area is 83.5 Å². The minimum absolute atomic E-state index is 0.0310. The molecule has 4 heteroatoms. The van der Waals surface area contributed by atoms with E-state index in [1.807, 2.05) is 19.1 Å². The summed E-state index contributed by atoms with van der Waals surface area (Å²) in [6.07, 6.45) is 3.40. The molecule has 1 amide bonds. The molecule has 14 heavy (non-hydrogen) atoms. The Balaban J connectivity index is 2.59. The molecule has 0 aliphatic heterocycles. The molecule has 1 unspecified atom stereocenters. The van der Waals surface area contributed by atoms with Crippen molar-refractivity contribution in [1.29, 1.82) is 0 Å².